The van der Waals surface area contributed by atoms with Crippen LogP contribution in [0, 0.1) is 11.7 Å². The first-order chi connectivity index (χ1) is 7.48. The summed E-state index contributed by atoms with van der Waals surface area (Å²) >= 11 is 0. The van der Waals surface area contributed by atoms with Gasteiger partial charge in [0.25, 0.3) is 0 Å². The van der Waals surface area contributed by atoms with E-state index >= 15 is 0 Å². The van der Waals surface area contributed by atoms with Gasteiger partial charge in [0.2, 0.25) is 0 Å². The zero-order valence-corrected chi connectivity index (χ0v) is 10.5. The van der Waals surface area contributed by atoms with Gasteiger partial charge in [-0.25, -0.2) is 4.39 Å². The maximum absolute atomic E-state index is 13.2. The Labute approximate surface area is 97.1 Å². The van der Waals surface area contributed by atoms with Gasteiger partial charge in [-0.1, -0.05) is 20.8 Å². The van der Waals surface area contributed by atoms with Crippen molar-refractivity contribution in [3.8, 4) is 0 Å². The van der Waals surface area contributed by atoms with Gasteiger partial charge in [-0.3, -0.25) is 0 Å². The summed E-state index contributed by atoms with van der Waals surface area (Å²) < 4.78 is 13.2. The quantitative estimate of drug-likeness (QED) is 0.750. The van der Waals surface area contributed by atoms with Crippen LogP contribution in [0.1, 0.15) is 45.6 Å². The second-order valence-corrected chi connectivity index (χ2v) is 5.20. The van der Waals surface area contributed by atoms with Crippen molar-refractivity contribution in [1.82, 2.24) is 0 Å². The molecule has 1 N–H and O–H groups in total. The van der Waals surface area contributed by atoms with E-state index in [0.717, 1.165) is 17.7 Å². The van der Waals surface area contributed by atoms with Crippen molar-refractivity contribution in [2.75, 3.05) is 5.32 Å². The van der Waals surface area contributed by atoms with Gasteiger partial charge in [-0.2, -0.15) is 0 Å². The van der Waals surface area contributed by atoms with Gasteiger partial charge in [-0.15, -0.1) is 0 Å². The molecular formula is C14H20FN. The number of anilines is 1. The largest absolute Gasteiger partial charge is 0.379 e. The zero-order chi connectivity index (χ0) is 11.9. The van der Waals surface area contributed by atoms with Gasteiger partial charge in [0.05, 0.1) is 0 Å². The Bertz CT molecular complexity index is 402. The summed E-state index contributed by atoms with van der Waals surface area (Å²) in [6.45, 7) is 8.89. The molecule has 1 nitrogen and oxygen atoms in total. The molecule has 0 bridgehead atoms. The van der Waals surface area contributed by atoms with Gasteiger partial charge < -0.3 is 5.32 Å². The lowest BCUT2D eigenvalue weighted by atomic mass is 9.71. The molecule has 88 valence electrons. The highest BCUT2D eigenvalue weighted by Gasteiger charge is 2.38. The summed E-state index contributed by atoms with van der Waals surface area (Å²) in [5.41, 5.74) is 2.32. The molecule has 0 fully saturated rings. The third-order valence-electron chi connectivity index (χ3n) is 4.41. The lowest BCUT2D eigenvalue weighted by Gasteiger charge is -2.45. The molecule has 0 aromatic heterocycles. The first kappa shape index (κ1) is 11.4. The van der Waals surface area contributed by atoms with Gasteiger partial charge in [0.1, 0.15) is 5.82 Å². The second-order valence-electron chi connectivity index (χ2n) is 5.20. The van der Waals surface area contributed by atoms with Crippen LogP contribution in [-0.2, 0) is 0 Å². The predicted octanol–water partition coefficient (Wildman–Crippen LogP) is 4.16. The van der Waals surface area contributed by atoms with Crippen LogP contribution in [0.15, 0.2) is 18.2 Å². The third kappa shape index (κ3) is 1.60. The number of nitrogens with one attached hydrogen (secondary N) is 1. The fourth-order valence-corrected chi connectivity index (χ4v) is 2.68. The highest BCUT2D eigenvalue weighted by atomic mass is 19.1. The average molecular weight is 221 g/mol. The minimum atomic E-state index is -0.139. The summed E-state index contributed by atoms with van der Waals surface area (Å²) in [5.74, 6) is 0.767. The van der Waals surface area contributed by atoms with Crippen molar-refractivity contribution in [3.05, 3.63) is 29.6 Å². The molecule has 1 aliphatic rings. The van der Waals surface area contributed by atoms with E-state index in [9.17, 15) is 4.39 Å². The third-order valence-corrected chi connectivity index (χ3v) is 4.41. The van der Waals surface area contributed by atoms with Crippen LogP contribution in [0.3, 0.4) is 0 Å². The van der Waals surface area contributed by atoms with Crippen molar-refractivity contribution in [2.45, 2.75) is 45.6 Å². The van der Waals surface area contributed by atoms with Crippen molar-refractivity contribution < 1.29 is 4.39 Å². The molecule has 1 heterocycles. The lowest BCUT2D eigenvalue weighted by Crippen LogP contribution is -2.46. The van der Waals surface area contributed by atoms with E-state index in [-0.39, 0.29) is 11.4 Å². The van der Waals surface area contributed by atoms with Crippen molar-refractivity contribution >= 4 is 5.69 Å². The lowest BCUT2D eigenvalue weighted by molar-refractivity contribution is 0.284. The molecule has 0 aliphatic carbocycles. The molecule has 0 amide bonds. The van der Waals surface area contributed by atoms with Crippen LogP contribution in [0.2, 0.25) is 0 Å². The van der Waals surface area contributed by atoms with Crippen LogP contribution in [-0.4, -0.2) is 5.54 Å². The Hall–Kier alpha value is -1.05. The van der Waals surface area contributed by atoms with E-state index in [4.69, 9.17) is 0 Å². The van der Waals surface area contributed by atoms with Crippen molar-refractivity contribution in [1.29, 1.82) is 0 Å². The smallest absolute Gasteiger partial charge is 0.123 e. The fourth-order valence-electron chi connectivity index (χ4n) is 2.68. The molecule has 0 saturated heterocycles. The first-order valence-electron chi connectivity index (χ1n) is 6.05. The van der Waals surface area contributed by atoms with Gasteiger partial charge in [0, 0.05) is 11.2 Å². The van der Waals surface area contributed by atoms with E-state index in [1.165, 1.54) is 6.07 Å². The van der Waals surface area contributed by atoms with Crippen LogP contribution in [0.5, 0.6) is 0 Å². The summed E-state index contributed by atoms with van der Waals surface area (Å²) in [7, 11) is 0. The van der Waals surface area contributed by atoms with Crippen molar-refractivity contribution in [2.24, 2.45) is 5.92 Å². The van der Waals surface area contributed by atoms with E-state index < -0.39 is 0 Å². The van der Waals surface area contributed by atoms with Crippen LogP contribution < -0.4 is 5.32 Å². The van der Waals surface area contributed by atoms with E-state index in [1.54, 1.807) is 6.07 Å². The number of hydrogen-bond donors (Lipinski definition) is 1. The van der Waals surface area contributed by atoms with Crippen LogP contribution >= 0.6 is 0 Å². The van der Waals surface area contributed by atoms with E-state index in [2.05, 4.69) is 33.0 Å². The molecule has 2 heteroatoms. The molecular weight excluding hydrogens is 201 g/mol. The maximum atomic E-state index is 13.2. The predicted molar refractivity (Wildman–Crippen MR) is 66.3 cm³/mol. The molecule has 0 spiro atoms. The zero-order valence-electron chi connectivity index (χ0n) is 10.5. The Morgan fingerprint density at radius 1 is 1.38 bits per heavy atom. The van der Waals surface area contributed by atoms with Crippen molar-refractivity contribution in [3.63, 3.8) is 0 Å². The molecule has 2 rings (SSSR count). The maximum Gasteiger partial charge on any atom is 0.123 e. The molecule has 16 heavy (non-hydrogen) atoms. The van der Waals surface area contributed by atoms with Gasteiger partial charge in [0.15, 0.2) is 0 Å². The first-order valence-corrected chi connectivity index (χ1v) is 6.05. The Kier molecular flexibility index (Phi) is 2.69. The minimum absolute atomic E-state index is 0.115. The Balaban J connectivity index is 2.48. The molecule has 3 unspecified atom stereocenters. The highest BCUT2D eigenvalue weighted by Crippen LogP contribution is 2.44. The summed E-state index contributed by atoms with van der Waals surface area (Å²) in [5, 5.41) is 3.56. The normalized spacial score (nSPS) is 33.1. The topological polar surface area (TPSA) is 12.0 Å². The molecule has 1 aromatic rings. The SMILES string of the molecule is CCC1(C)Nc2ccc(F)cc2C(C)C1C. The average Bonchev–Trinajstić information content (AvgIpc) is 2.28. The molecule has 3 atom stereocenters. The van der Waals surface area contributed by atoms with E-state index in [0.29, 0.717) is 11.8 Å². The summed E-state index contributed by atoms with van der Waals surface area (Å²) in [6.07, 6.45) is 1.08. The van der Waals surface area contributed by atoms with Crippen LogP contribution in [0.4, 0.5) is 10.1 Å². The minimum Gasteiger partial charge on any atom is -0.379 e. The standard InChI is InChI=1S/C14H20FN/c1-5-14(4)10(3)9(2)12-8-11(15)6-7-13(12)16-14/h6-10,16H,5H2,1-4H3. The number of hydrogen-bond acceptors (Lipinski definition) is 1. The van der Waals surface area contributed by atoms with Crippen LogP contribution in [0.25, 0.3) is 0 Å². The summed E-state index contributed by atoms with van der Waals surface area (Å²) in [6, 6.07) is 5.06. The van der Waals surface area contributed by atoms with Gasteiger partial charge in [-0.05, 0) is 48.9 Å². The molecule has 0 radical (unpaired) electrons. The number of benzene rings is 1. The summed E-state index contributed by atoms with van der Waals surface area (Å²) in [4.78, 5) is 0. The molecule has 0 saturated carbocycles. The Morgan fingerprint density at radius 2 is 2.06 bits per heavy atom. The number of rotatable bonds is 1. The Morgan fingerprint density at radius 3 is 2.69 bits per heavy atom. The van der Waals surface area contributed by atoms with Gasteiger partial charge >= 0.3 is 0 Å². The number of fused-ring (bicyclic) bond motifs is 1. The molecule has 1 aromatic carbocycles. The monoisotopic (exact) mass is 221 g/mol. The van der Waals surface area contributed by atoms with E-state index in [1.807, 2.05) is 6.07 Å². The molecule has 1 aliphatic heterocycles. The highest BCUT2D eigenvalue weighted by molar-refractivity contribution is 5.57. The number of halogens is 1. The second kappa shape index (κ2) is 3.76. The fraction of sp³-hybridized carbons (Fsp3) is 0.571.